The summed E-state index contributed by atoms with van der Waals surface area (Å²) in [7, 11) is 5.35. The molecule has 0 bridgehead atoms. The molecule has 1 saturated heterocycles. The minimum Gasteiger partial charge on any atom is -0.507 e. The van der Waals surface area contributed by atoms with Crippen molar-refractivity contribution in [1.82, 2.24) is 9.88 Å². The highest BCUT2D eigenvalue weighted by atomic mass is 35.5. The molecule has 1 atom stereocenters. The average molecular weight is 478 g/mol. The van der Waals surface area contributed by atoms with E-state index >= 15 is 0 Å². The number of benzene rings is 2. The van der Waals surface area contributed by atoms with E-state index in [1.54, 1.807) is 36.7 Å². The van der Waals surface area contributed by atoms with E-state index in [2.05, 4.69) is 4.98 Å². The van der Waals surface area contributed by atoms with Crippen LogP contribution in [0.5, 0.6) is 5.75 Å². The van der Waals surface area contributed by atoms with Crippen LogP contribution >= 0.6 is 11.6 Å². The van der Waals surface area contributed by atoms with Gasteiger partial charge >= 0.3 is 0 Å². The number of nitrogens with zero attached hydrogens (tertiary/aromatic N) is 3. The summed E-state index contributed by atoms with van der Waals surface area (Å²) >= 11 is 6.25. The lowest BCUT2D eigenvalue weighted by Gasteiger charge is -2.26. The van der Waals surface area contributed by atoms with Gasteiger partial charge < -0.3 is 19.6 Å². The summed E-state index contributed by atoms with van der Waals surface area (Å²) in [4.78, 5) is 33.8. The molecule has 0 radical (unpaired) electrons. The number of carbonyl (C=O) groups excluding carboxylic acids is 2. The molecular formula is C26H24ClN3O4. The Morgan fingerprint density at radius 3 is 2.35 bits per heavy atom. The number of likely N-dealkylation sites (tertiary alicyclic amines) is 1. The van der Waals surface area contributed by atoms with E-state index in [1.165, 1.54) is 18.1 Å². The third kappa shape index (κ3) is 4.34. The van der Waals surface area contributed by atoms with Crippen molar-refractivity contribution >= 4 is 34.7 Å². The van der Waals surface area contributed by atoms with Crippen molar-refractivity contribution in [3.8, 4) is 5.75 Å². The van der Waals surface area contributed by atoms with Crippen molar-refractivity contribution in [3.63, 3.8) is 0 Å². The van der Waals surface area contributed by atoms with E-state index in [9.17, 15) is 14.7 Å². The zero-order valence-electron chi connectivity index (χ0n) is 19.0. The summed E-state index contributed by atoms with van der Waals surface area (Å²) in [6, 6.07) is 15.1. The lowest BCUT2D eigenvalue weighted by atomic mass is 9.95. The first-order valence-corrected chi connectivity index (χ1v) is 11.0. The number of halogens is 1. The molecule has 1 aliphatic rings. The van der Waals surface area contributed by atoms with Gasteiger partial charge in [-0.2, -0.15) is 0 Å². The van der Waals surface area contributed by atoms with Crippen LogP contribution in [0.3, 0.4) is 0 Å². The van der Waals surface area contributed by atoms with Crippen LogP contribution in [-0.4, -0.2) is 47.9 Å². The molecule has 3 aromatic rings. The van der Waals surface area contributed by atoms with Gasteiger partial charge in [-0.3, -0.25) is 14.6 Å². The summed E-state index contributed by atoms with van der Waals surface area (Å²) in [5.41, 5.74) is 2.83. The van der Waals surface area contributed by atoms with Crippen LogP contribution in [0.15, 0.2) is 72.6 Å². The number of pyridine rings is 1. The lowest BCUT2D eigenvalue weighted by molar-refractivity contribution is -0.140. The van der Waals surface area contributed by atoms with Gasteiger partial charge in [0.1, 0.15) is 11.5 Å². The van der Waals surface area contributed by atoms with Crippen LogP contribution < -0.4 is 9.64 Å². The van der Waals surface area contributed by atoms with E-state index < -0.39 is 17.7 Å². The van der Waals surface area contributed by atoms with Gasteiger partial charge in [-0.05, 0) is 53.6 Å². The molecule has 0 spiro atoms. The number of anilines is 1. The number of aromatic nitrogens is 1. The second-order valence-electron chi connectivity index (χ2n) is 8.12. The first-order valence-electron chi connectivity index (χ1n) is 10.6. The van der Waals surface area contributed by atoms with Gasteiger partial charge in [-0.15, -0.1) is 0 Å². The van der Waals surface area contributed by atoms with Crippen molar-refractivity contribution in [1.29, 1.82) is 0 Å². The Bertz CT molecular complexity index is 1260. The summed E-state index contributed by atoms with van der Waals surface area (Å²) in [6.07, 6.45) is 3.26. The Morgan fingerprint density at radius 2 is 1.76 bits per heavy atom. The molecule has 1 N–H and O–H groups in total. The average Bonchev–Trinajstić information content (AvgIpc) is 3.09. The quantitative estimate of drug-likeness (QED) is 0.321. The smallest absolute Gasteiger partial charge is 0.295 e. The second kappa shape index (κ2) is 9.57. The molecule has 2 heterocycles. The molecule has 0 aliphatic carbocycles. The first kappa shape index (κ1) is 23.3. The zero-order valence-corrected chi connectivity index (χ0v) is 19.8. The Morgan fingerprint density at radius 1 is 1.09 bits per heavy atom. The summed E-state index contributed by atoms with van der Waals surface area (Å²) in [5.74, 6) is -1.28. The van der Waals surface area contributed by atoms with Crippen LogP contribution in [0.1, 0.15) is 22.7 Å². The van der Waals surface area contributed by atoms with Crippen molar-refractivity contribution in [3.05, 3.63) is 94.3 Å². The molecule has 7 nitrogen and oxygen atoms in total. The van der Waals surface area contributed by atoms with Gasteiger partial charge in [-0.25, -0.2) is 0 Å². The molecule has 1 unspecified atom stereocenters. The number of carbonyl (C=O) groups is 2. The topological polar surface area (TPSA) is 83.0 Å². The SMILES string of the molecule is COc1ccc(/C(O)=C2/C(=O)C(=O)N(Cc3ccncc3)C2c2ccc(N(C)C)cc2)cc1Cl. The fourth-order valence-electron chi connectivity index (χ4n) is 4.00. The molecule has 174 valence electrons. The maximum Gasteiger partial charge on any atom is 0.295 e. The number of aliphatic hydroxyl groups excluding tert-OH is 1. The minimum atomic E-state index is -0.773. The minimum absolute atomic E-state index is 0.0119. The second-order valence-corrected chi connectivity index (χ2v) is 8.52. The monoisotopic (exact) mass is 477 g/mol. The van der Waals surface area contributed by atoms with E-state index in [1.807, 2.05) is 43.3 Å². The predicted molar refractivity (Wildman–Crippen MR) is 131 cm³/mol. The highest BCUT2D eigenvalue weighted by Gasteiger charge is 2.46. The summed E-state index contributed by atoms with van der Waals surface area (Å²) < 4.78 is 5.18. The molecule has 1 aliphatic heterocycles. The molecule has 2 aromatic carbocycles. The number of hydrogen-bond acceptors (Lipinski definition) is 6. The van der Waals surface area contributed by atoms with Gasteiger partial charge in [-0.1, -0.05) is 23.7 Å². The van der Waals surface area contributed by atoms with E-state index in [-0.39, 0.29) is 22.9 Å². The number of rotatable bonds is 6. The number of aliphatic hydroxyl groups is 1. The van der Waals surface area contributed by atoms with Crippen LogP contribution in [-0.2, 0) is 16.1 Å². The summed E-state index contributed by atoms with van der Waals surface area (Å²) in [5, 5.41) is 11.5. The number of amides is 1. The van der Waals surface area contributed by atoms with E-state index in [4.69, 9.17) is 16.3 Å². The molecule has 1 aromatic heterocycles. The Balaban J connectivity index is 1.85. The molecule has 1 amide bonds. The fraction of sp³-hybridized carbons (Fsp3) is 0.192. The van der Waals surface area contributed by atoms with Gasteiger partial charge in [0, 0.05) is 44.3 Å². The Hall–Kier alpha value is -3.84. The molecule has 1 fully saturated rings. The molecule has 4 rings (SSSR count). The van der Waals surface area contributed by atoms with E-state index in [0.717, 1.165) is 11.3 Å². The Labute approximate surface area is 202 Å². The maximum absolute atomic E-state index is 13.2. The number of hydrogen-bond donors (Lipinski definition) is 1. The van der Waals surface area contributed by atoms with Gasteiger partial charge in [0.15, 0.2) is 0 Å². The normalized spacial score (nSPS) is 17.2. The number of ether oxygens (including phenoxy) is 1. The van der Waals surface area contributed by atoms with Crippen LogP contribution in [0, 0.1) is 0 Å². The molecule has 0 saturated carbocycles. The van der Waals surface area contributed by atoms with Gasteiger partial charge in [0.05, 0.1) is 23.7 Å². The largest absolute Gasteiger partial charge is 0.507 e. The number of ketones is 1. The molecular weight excluding hydrogens is 454 g/mol. The van der Waals surface area contributed by atoms with Crippen LogP contribution in [0.25, 0.3) is 5.76 Å². The fourth-order valence-corrected chi connectivity index (χ4v) is 4.26. The van der Waals surface area contributed by atoms with E-state index in [0.29, 0.717) is 16.9 Å². The van der Waals surface area contributed by atoms with Gasteiger partial charge in [0.25, 0.3) is 11.7 Å². The van der Waals surface area contributed by atoms with Crippen LogP contribution in [0.2, 0.25) is 5.02 Å². The first-order chi connectivity index (χ1) is 16.3. The third-order valence-corrected chi connectivity index (χ3v) is 6.09. The van der Waals surface area contributed by atoms with Crippen molar-refractivity contribution in [2.24, 2.45) is 0 Å². The standard InChI is InChI=1S/C26H24ClN3O4/c1-29(2)19-7-4-17(5-8-19)23-22(24(31)18-6-9-21(34-3)20(27)14-18)25(32)26(33)30(23)15-16-10-12-28-13-11-16/h4-14,23,31H,15H2,1-3H3/b24-22-. The third-order valence-electron chi connectivity index (χ3n) is 5.79. The van der Waals surface area contributed by atoms with Crippen LogP contribution in [0.4, 0.5) is 5.69 Å². The lowest BCUT2D eigenvalue weighted by Crippen LogP contribution is -2.29. The van der Waals surface area contributed by atoms with Crippen molar-refractivity contribution < 1.29 is 19.4 Å². The number of Topliss-reactive ketones (excluding diaryl/α,β-unsaturated/α-hetero) is 1. The zero-order chi connectivity index (χ0) is 24.4. The van der Waals surface area contributed by atoms with Gasteiger partial charge in [0.2, 0.25) is 0 Å². The predicted octanol–water partition coefficient (Wildman–Crippen LogP) is 4.43. The summed E-state index contributed by atoms with van der Waals surface area (Å²) in [6.45, 7) is 0.188. The van der Waals surface area contributed by atoms with Crippen molar-refractivity contribution in [2.75, 3.05) is 26.1 Å². The maximum atomic E-state index is 13.2. The Kier molecular flexibility index (Phi) is 6.56. The highest BCUT2D eigenvalue weighted by Crippen LogP contribution is 2.41. The van der Waals surface area contributed by atoms with Crippen molar-refractivity contribution in [2.45, 2.75) is 12.6 Å². The molecule has 34 heavy (non-hydrogen) atoms. The molecule has 8 heteroatoms. The number of methoxy groups -OCH3 is 1. The highest BCUT2D eigenvalue weighted by molar-refractivity contribution is 6.46.